The van der Waals surface area contributed by atoms with Crippen LogP contribution in [0.2, 0.25) is 0 Å². The Morgan fingerprint density at radius 3 is 2.93 bits per heavy atom. The first-order valence-corrected chi connectivity index (χ1v) is 9.64. The van der Waals surface area contributed by atoms with E-state index >= 15 is 0 Å². The fourth-order valence-corrected chi connectivity index (χ4v) is 3.89. The van der Waals surface area contributed by atoms with Crippen LogP contribution in [0.15, 0.2) is 43.0 Å². The van der Waals surface area contributed by atoms with Crippen molar-refractivity contribution in [2.24, 2.45) is 7.05 Å². The van der Waals surface area contributed by atoms with Crippen LogP contribution in [0.25, 0.3) is 5.69 Å². The Morgan fingerprint density at radius 1 is 1.21 bits per heavy atom. The molecule has 0 saturated heterocycles. The fraction of sp³-hybridized carbons (Fsp3) is 0.350. The lowest BCUT2D eigenvalue weighted by Crippen LogP contribution is -2.21. The Kier molecular flexibility index (Phi) is 4.34. The molecular weight excluding hydrogens is 368 g/mol. The molecule has 1 aromatic carbocycles. The molecule has 0 aliphatic carbocycles. The van der Waals surface area contributed by atoms with Crippen LogP contribution < -0.4 is 4.74 Å². The minimum Gasteiger partial charge on any atom is -0.496 e. The molecule has 4 heterocycles. The van der Waals surface area contributed by atoms with Crippen LogP contribution in [-0.4, -0.2) is 46.4 Å². The summed E-state index contributed by atoms with van der Waals surface area (Å²) in [7, 11) is 3.59. The summed E-state index contributed by atoms with van der Waals surface area (Å²) in [5.74, 6) is 3.77. The Bertz CT molecular complexity index is 1140. The van der Waals surface area contributed by atoms with E-state index < -0.39 is 0 Å². The summed E-state index contributed by atoms with van der Waals surface area (Å²) in [6.45, 7) is 0.835. The van der Waals surface area contributed by atoms with Crippen LogP contribution >= 0.6 is 0 Å². The molecule has 148 valence electrons. The van der Waals surface area contributed by atoms with Crippen molar-refractivity contribution in [2.45, 2.75) is 31.7 Å². The molecule has 1 atom stereocenters. The van der Waals surface area contributed by atoms with Crippen LogP contribution in [-0.2, 0) is 26.4 Å². The molecule has 9 heteroatoms. The first-order chi connectivity index (χ1) is 14.2. The van der Waals surface area contributed by atoms with Crippen molar-refractivity contribution in [1.82, 2.24) is 39.3 Å². The molecule has 1 aliphatic heterocycles. The number of ether oxygens (including phenoxy) is 1. The molecule has 4 aromatic rings. The minimum absolute atomic E-state index is 0.228. The van der Waals surface area contributed by atoms with Gasteiger partial charge in [-0.1, -0.05) is 18.2 Å². The predicted molar refractivity (Wildman–Crippen MR) is 105 cm³/mol. The Balaban J connectivity index is 1.53. The number of aromatic nitrogens is 8. The van der Waals surface area contributed by atoms with E-state index in [9.17, 15) is 0 Å². The van der Waals surface area contributed by atoms with Crippen molar-refractivity contribution in [1.29, 1.82) is 0 Å². The number of fused-ring (bicyclic) bond motifs is 1. The van der Waals surface area contributed by atoms with E-state index in [2.05, 4.69) is 15.2 Å². The minimum atomic E-state index is 0.228. The summed E-state index contributed by atoms with van der Waals surface area (Å²) in [5, 5.41) is 13.4. The maximum absolute atomic E-state index is 5.50. The zero-order chi connectivity index (χ0) is 19.8. The van der Waals surface area contributed by atoms with Crippen molar-refractivity contribution >= 4 is 0 Å². The third-order valence-electron chi connectivity index (χ3n) is 5.33. The summed E-state index contributed by atoms with van der Waals surface area (Å²) >= 11 is 0. The fourth-order valence-electron chi connectivity index (χ4n) is 3.89. The highest BCUT2D eigenvalue weighted by Gasteiger charge is 2.27. The second-order valence-corrected chi connectivity index (χ2v) is 7.25. The lowest BCUT2D eigenvalue weighted by atomic mass is 9.97. The van der Waals surface area contributed by atoms with Gasteiger partial charge in [-0.15, -0.1) is 0 Å². The maximum Gasteiger partial charge on any atom is 0.155 e. The normalized spacial score (nSPS) is 16.0. The van der Waals surface area contributed by atoms with Gasteiger partial charge in [0.15, 0.2) is 5.82 Å². The Morgan fingerprint density at radius 2 is 2.10 bits per heavy atom. The number of methoxy groups -OCH3 is 1. The molecular formula is C20H22N8O. The van der Waals surface area contributed by atoms with E-state index in [4.69, 9.17) is 14.8 Å². The predicted octanol–water partition coefficient (Wildman–Crippen LogP) is 1.92. The summed E-state index contributed by atoms with van der Waals surface area (Å²) in [4.78, 5) is 9.35. The Hall–Kier alpha value is -3.49. The molecule has 0 spiro atoms. The number of hydrogen-bond acceptors (Lipinski definition) is 6. The van der Waals surface area contributed by atoms with Gasteiger partial charge in [0, 0.05) is 37.9 Å². The molecule has 1 aliphatic rings. The third kappa shape index (κ3) is 3.28. The van der Waals surface area contributed by atoms with E-state index in [1.807, 2.05) is 53.1 Å². The lowest BCUT2D eigenvalue weighted by Gasteiger charge is -2.21. The zero-order valence-electron chi connectivity index (χ0n) is 16.4. The topological polar surface area (TPSA) is 88.5 Å². The van der Waals surface area contributed by atoms with Crippen molar-refractivity contribution in [3.63, 3.8) is 0 Å². The largest absolute Gasteiger partial charge is 0.496 e. The second kappa shape index (κ2) is 7.16. The van der Waals surface area contributed by atoms with E-state index in [0.717, 1.165) is 53.9 Å². The smallest absolute Gasteiger partial charge is 0.155 e. The van der Waals surface area contributed by atoms with Gasteiger partial charge >= 0.3 is 0 Å². The molecule has 0 radical (unpaired) electrons. The average Bonchev–Trinajstić information content (AvgIpc) is 3.47. The van der Waals surface area contributed by atoms with Crippen molar-refractivity contribution in [2.75, 3.05) is 7.11 Å². The van der Waals surface area contributed by atoms with Gasteiger partial charge in [0.25, 0.3) is 0 Å². The SMILES string of the molecule is COc1ccccc1Cc1nc(C2CCn3ncnc3C2)n(-c2cnn(C)c2)n1. The van der Waals surface area contributed by atoms with E-state index in [0.29, 0.717) is 6.42 Å². The second-order valence-electron chi connectivity index (χ2n) is 7.25. The van der Waals surface area contributed by atoms with Gasteiger partial charge in [0.05, 0.1) is 19.5 Å². The highest BCUT2D eigenvalue weighted by atomic mass is 16.5. The summed E-state index contributed by atoms with van der Waals surface area (Å²) in [5.41, 5.74) is 1.97. The van der Waals surface area contributed by atoms with Crippen molar-refractivity contribution in [3.8, 4) is 11.4 Å². The molecule has 9 nitrogen and oxygen atoms in total. The summed E-state index contributed by atoms with van der Waals surface area (Å²) < 4.78 is 11.2. The van der Waals surface area contributed by atoms with Gasteiger partial charge in [0.1, 0.15) is 29.4 Å². The number of benzene rings is 1. The first-order valence-electron chi connectivity index (χ1n) is 9.64. The van der Waals surface area contributed by atoms with Gasteiger partial charge in [-0.25, -0.2) is 14.6 Å². The van der Waals surface area contributed by atoms with Crippen LogP contribution in [0.5, 0.6) is 5.75 Å². The molecule has 0 saturated carbocycles. The van der Waals surface area contributed by atoms with Crippen molar-refractivity contribution < 1.29 is 4.74 Å². The standard InChI is InChI=1S/C20H22N8O/c1-26-12-16(11-22-26)28-20(15-7-8-27-19(10-15)21-13-23-27)24-18(25-28)9-14-5-3-4-6-17(14)29-2/h3-6,11-13,15H,7-10H2,1-2H3. The number of nitrogens with zero attached hydrogens (tertiary/aromatic N) is 8. The first kappa shape index (κ1) is 17.6. The molecule has 5 rings (SSSR count). The summed E-state index contributed by atoms with van der Waals surface area (Å²) in [6, 6.07) is 7.98. The summed E-state index contributed by atoms with van der Waals surface area (Å²) in [6.07, 6.45) is 7.74. The molecule has 0 amide bonds. The van der Waals surface area contributed by atoms with Gasteiger partial charge in [-0.2, -0.15) is 15.3 Å². The molecule has 1 unspecified atom stereocenters. The van der Waals surface area contributed by atoms with Gasteiger partial charge in [-0.3, -0.25) is 9.36 Å². The van der Waals surface area contributed by atoms with E-state index in [1.165, 1.54) is 0 Å². The van der Waals surface area contributed by atoms with Gasteiger partial charge in [-0.05, 0) is 12.5 Å². The lowest BCUT2D eigenvalue weighted by molar-refractivity contribution is 0.410. The maximum atomic E-state index is 5.50. The van der Waals surface area contributed by atoms with E-state index in [1.54, 1.807) is 18.1 Å². The van der Waals surface area contributed by atoms with Crippen LogP contribution in [0.4, 0.5) is 0 Å². The Labute approximate surface area is 168 Å². The molecule has 0 N–H and O–H groups in total. The van der Waals surface area contributed by atoms with Crippen molar-refractivity contribution in [3.05, 3.63) is 66.0 Å². The highest BCUT2D eigenvalue weighted by Crippen LogP contribution is 2.29. The van der Waals surface area contributed by atoms with Crippen LogP contribution in [0, 0.1) is 0 Å². The molecule has 0 fully saturated rings. The average molecular weight is 390 g/mol. The third-order valence-corrected chi connectivity index (χ3v) is 5.33. The zero-order valence-corrected chi connectivity index (χ0v) is 16.4. The molecule has 0 bridgehead atoms. The van der Waals surface area contributed by atoms with Crippen LogP contribution in [0.1, 0.15) is 35.4 Å². The van der Waals surface area contributed by atoms with E-state index in [-0.39, 0.29) is 5.92 Å². The van der Waals surface area contributed by atoms with Crippen LogP contribution in [0.3, 0.4) is 0 Å². The highest BCUT2D eigenvalue weighted by molar-refractivity contribution is 5.36. The van der Waals surface area contributed by atoms with Gasteiger partial charge < -0.3 is 4.74 Å². The monoisotopic (exact) mass is 390 g/mol. The number of hydrogen-bond donors (Lipinski definition) is 0. The number of para-hydroxylation sites is 1. The molecule has 29 heavy (non-hydrogen) atoms. The van der Waals surface area contributed by atoms with Gasteiger partial charge in [0.2, 0.25) is 0 Å². The quantitative estimate of drug-likeness (QED) is 0.517. The number of aryl methyl sites for hydroxylation is 2. The molecule has 3 aromatic heterocycles. The number of rotatable bonds is 5.